The van der Waals surface area contributed by atoms with E-state index in [1.807, 2.05) is 18.2 Å². The Bertz CT molecular complexity index is 1200. The van der Waals surface area contributed by atoms with Crippen LogP contribution >= 0.6 is 11.8 Å². The number of nitrogens with zero attached hydrogens (tertiary/aromatic N) is 2. The monoisotopic (exact) mass is 435 g/mol. The molecule has 3 aromatic rings. The minimum atomic E-state index is -0.499. The van der Waals surface area contributed by atoms with E-state index in [4.69, 9.17) is 4.98 Å². The maximum absolute atomic E-state index is 13.3. The van der Waals surface area contributed by atoms with Gasteiger partial charge in [-0.25, -0.2) is 4.98 Å². The molecule has 2 aromatic carbocycles. The highest BCUT2D eigenvalue weighted by Crippen LogP contribution is 2.33. The number of aromatic nitrogens is 2. The van der Waals surface area contributed by atoms with Crippen molar-refractivity contribution in [3.63, 3.8) is 0 Å². The maximum Gasteiger partial charge on any atom is 0.262 e. The molecule has 1 amide bonds. The van der Waals surface area contributed by atoms with Crippen molar-refractivity contribution in [1.29, 1.82) is 0 Å². The van der Waals surface area contributed by atoms with Crippen LogP contribution in [-0.2, 0) is 4.79 Å². The number of hydrogen-bond donors (Lipinski definition) is 1. The lowest BCUT2D eigenvalue weighted by Crippen LogP contribution is -2.29. The van der Waals surface area contributed by atoms with Crippen molar-refractivity contribution in [1.82, 2.24) is 9.55 Å². The third-order valence-electron chi connectivity index (χ3n) is 5.68. The van der Waals surface area contributed by atoms with Crippen molar-refractivity contribution < 1.29 is 9.59 Å². The Morgan fingerprint density at radius 2 is 1.77 bits per heavy atom. The van der Waals surface area contributed by atoms with Crippen LogP contribution in [0.2, 0.25) is 0 Å². The van der Waals surface area contributed by atoms with E-state index >= 15 is 0 Å². The molecule has 6 nitrogen and oxygen atoms in total. The normalized spacial score (nSPS) is 15.2. The average molecular weight is 436 g/mol. The number of ketones is 1. The van der Waals surface area contributed by atoms with Gasteiger partial charge in [0.1, 0.15) is 0 Å². The van der Waals surface area contributed by atoms with Gasteiger partial charge in [-0.15, -0.1) is 0 Å². The lowest BCUT2D eigenvalue weighted by Gasteiger charge is -2.20. The largest absolute Gasteiger partial charge is 0.324 e. The van der Waals surface area contributed by atoms with Crippen LogP contribution in [0.1, 0.15) is 55.9 Å². The molecule has 0 bridgehead atoms. The second-order valence-electron chi connectivity index (χ2n) is 7.88. The number of benzene rings is 2. The summed E-state index contributed by atoms with van der Waals surface area (Å²) in [4.78, 5) is 42.8. The van der Waals surface area contributed by atoms with Crippen molar-refractivity contribution in [2.45, 2.75) is 56.0 Å². The lowest BCUT2D eigenvalue weighted by molar-refractivity contribution is -0.115. The molecule has 1 atom stereocenters. The minimum Gasteiger partial charge on any atom is -0.324 e. The van der Waals surface area contributed by atoms with Crippen LogP contribution in [0, 0.1) is 0 Å². The van der Waals surface area contributed by atoms with Crippen LogP contribution in [0.15, 0.2) is 58.5 Å². The summed E-state index contributed by atoms with van der Waals surface area (Å²) in [6, 6.07) is 14.4. The highest BCUT2D eigenvalue weighted by molar-refractivity contribution is 8.00. The molecule has 1 fully saturated rings. The fourth-order valence-electron chi connectivity index (χ4n) is 4.04. The van der Waals surface area contributed by atoms with Crippen molar-refractivity contribution in [3.8, 4) is 0 Å². The van der Waals surface area contributed by atoms with Crippen molar-refractivity contribution in [3.05, 3.63) is 64.4 Å². The highest BCUT2D eigenvalue weighted by Gasteiger charge is 2.26. The average Bonchev–Trinajstić information content (AvgIpc) is 3.28. The molecule has 1 aromatic heterocycles. The van der Waals surface area contributed by atoms with Crippen LogP contribution < -0.4 is 10.9 Å². The zero-order valence-corrected chi connectivity index (χ0v) is 18.4. The van der Waals surface area contributed by atoms with E-state index in [0.717, 1.165) is 25.7 Å². The van der Waals surface area contributed by atoms with Crippen LogP contribution in [0.25, 0.3) is 10.9 Å². The molecule has 1 saturated carbocycles. The Labute approximate surface area is 185 Å². The van der Waals surface area contributed by atoms with Gasteiger partial charge in [-0.1, -0.05) is 48.9 Å². The van der Waals surface area contributed by atoms with Gasteiger partial charge >= 0.3 is 0 Å². The molecule has 0 saturated heterocycles. The Hall–Kier alpha value is -2.93. The molecule has 160 valence electrons. The Morgan fingerprint density at radius 3 is 2.52 bits per heavy atom. The van der Waals surface area contributed by atoms with E-state index in [1.54, 1.807) is 41.8 Å². The summed E-state index contributed by atoms with van der Waals surface area (Å²) in [5, 5.41) is 3.53. The number of rotatable bonds is 6. The number of hydrogen-bond acceptors (Lipinski definition) is 5. The molecular weight excluding hydrogens is 410 g/mol. The minimum absolute atomic E-state index is 0.0467. The van der Waals surface area contributed by atoms with Gasteiger partial charge in [-0.2, -0.15) is 0 Å². The summed E-state index contributed by atoms with van der Waals surface area (Å²) < 4.78 is 1.79. The smallest absolute Gasteiger partial charge is 0.262 e. The Morgan fingerprint density at radius 1 is 1.10 bits per heavy atom. The van der Waals surface area contributed by atoms with E-state index in [1.165, 1.54) is 18.7 Å². The van der Waals surface area contributed by atoms with E-state index < -0.39 is 5.25 Å². The molecular formula is C24H25N3O3S. The first-order valence-electron chi connectivity index (χ1n) is 10.5. The second kappa shape index (κ2) is 9.06. The van der Waals surface area contributed by atoms with Gasteiger partial charge in [0.15, 0.2) is 10.9 Å². The molecule has 31 heavy (non-hydrogen) atoms. The number of Topliss-reactive ketones (excluding diaryl/α,β-unsaturated/α-hetero) is 1. The summed E-state index contributed by atoms with van der Waals surface area (Å²) in [5.74, 6) is -0.346. The van der Waals surface area contributed by atoms with E-state index in [0.29, 0.717) is 27.3 Å². The zero-order chi connectivity index (χ0) is 22.0. The first kappa shape index (κ1) is 21.3. The highest BCUT2D eigenvalue weighted by atomic mass is 32.2. The van der Waals surface area contributed by atoms with Gasteiger partial charge in [-0.3, -0.25) is 19.0 Å². The van der Waals surface area contributed by atoms with Gasteiger partial charge in [0.05, 0.1) is 21.8 Å². The predicted molar refractivity (Wildman–Crippen MR) is 124 cm³/mol. The van der Waals surface area contributed by atoms with Crippen LogP contribution in [0.5, 0.6) is 0 Å². The quantitative estimate of drug-likeness (QED) is 0.341. The molecule has 1 N–H and O–H groups in total. The van der Waals surface area contributed by atoms with Crippen LogP contribution in [0.3, 0.4) is 0 Å². The molecule has 0 aliphatic heterocycles. The third kappa shape index (κ3) is 4.42. The van der Waals surface area contributed by atoms with Gasteiger partial charge in [0, 0.05) is 11.6 Å². The fourth-order valence-corrected chi connectivity index (χ4v) is 5.02. The summed E-state index contributed by atoms with van der Waals surface area (Å²) >= 11 is 1.28. The van der Waals surface area contributed by atoms with Gasteiger partial charge in [0.2, 0.25) is 5.91 Å². The molecule has 0 radical (unpaired) electrons. The van der Waals surface area contributed by atoms with Crippen LogP contribution in [0.4, 0.5) is 5.69 Å². The number of fused-ring (bicyclic) bond motifs is 1. The molecule has 1 heterocycles. The van der Waals surface area contributed by atoms with Crippen molar-refractivity contribution in [2.24, 2.45) is 0 Å². The van der Waals surface area contributed by atoms with Crippen LogP contribution in [-0.4, -0.2) is 26.5 Å². The number of para-hydroxylation sites is 2. The zero-order valence-electron chi connectivity index (χ0n) is 17.6. The number of amides is 1. The fraction of sp³-hybridized carbons (Fsp3) is 0.333. The third-order valence-corrected chi connectivity index (χ3v) is 6.75. The predicted octanol–water partition coefficient (Wildman–Crippen LogP) is 4.83. The number of anilines is 1. The molecule has 7 heteroatoms. The van der Waals surface area contributed by atoms with E-state index in [2.05, 4.69) is 5.32 Å². The number of thioether (sulfide) groups is 1. The van der Waals surface area contributed by atoms with E-state index in [-0.39, 0.29) is 23.3 Å². The molecule has 4 rings (SSSR count). The second-order valence-corrected chi connectivity index (χ2v) is 9.18. The summed E-state index contributed by atoms with van der Waals surface area (Å²) in [7, 11) is 0. The first-order valence-corrected chi connectivity index (χ1v) is 11.4. The van der Waals surface area contributed by atoms with Gasteiger partial charge < -0.3 is 5.32 Å². The maximum atomic E-state index is 13.3. The molecule has 0 spiro atoms. The molecule has 1 unspecified atom stereocenters. The van der Waals surface area contributed by atoms with E-state index in [9.17, 15) is 14.4 Å². The topological polar surface area (TPSA) is 81.1 Å². The Balaban J connectivity index is 1.64. The van der Waals surface area contributed by atoms with Gasteiger partial charge in [0.25, 0.3) is 5.56 Å². The van der Waals surface area contributed by atoms with Crippen molar-refractivity contribution >= 4 is 40.0 Å². The summed E-state index contributed by atoms with van der Waals surface area (Å²) in [5.41, 5.74) is 1.56. The van der Waals surface area contributed by atoms with Crippen molar-refractivity contribution in [2.75, 3.05) is 5.32 Å². The first-order chi connectivity index (χ1) is 15.0. The summed E-state index contributed by atoms with van der Waals surface area (Å²) in [6.07, 6.45) is 4.07. The standard InChI is InChI=1S/C24H25N3O3S/c1-15(28)18-11-5-7-13-20(18)25-22(29)16(2)31-24-26-21-14-8-6-12-19(21)23(30)27(24)17-9-3-4-10-17/h5-8,11-14,16-17H,3-4,9-10H2,1-2H3,(H,25,29). The Kier molecular flexibility index (Phi) is 6.23. The number of nitrogens with one attached hydrogen (secondary N) is 1. The molecule has 1 aliphatic rings. The van der Waals surface area contributed by atoms with Gasteiger partial charge in [-0.05, 0) is 51.0 Å². The SMILES string of the molecule is CC(=O)c1ccccc1NC(=O)C(C)Sc1nc2ccccc2c(=O)n1C1CCCC1. The number of carbonyl (C=O) groups is 2. The molecule has 1 aliphatic carbocycles. The summed E-state index contributed by atoms with van der Waals surface area (Å²) in [6.45, 7) is 3.26. The number of carbonyl (C=O) groups excluding carboxylic acids is 2. The lowest BCUT2D eigenvalue weighted by atomic mass is 10.1.